The lowest BCUT2D eigenvalue weighted by atomic mass is 10.2. The molecular weight excluding hydrogens is 408 g/mol. The van der Waals surface area contributed by atoms with Crippen molar-refractivity contribution in [2.45, 2.75) is 12.1 Å². The number of aromatic nitrogens is 4. The van der Waals surface area contributed by atoms with Gasteiger partial charge >= 0.3 is 15.2 Å². The van der Waals surface area contributed by atoms with Gasteiger partial charge in [-0.1, -0.05) is 0 Å². The molecule has 0 saturated heterocycles. The highest BCUT2D eigenvalue weighted by Gasteiger charge is 2.27. The molecule has 0 aliphatic rings. The average molecular weight is 427 g/mol. The second-order valence-electron chi connectivity index (χ2n) is 5.55. The van der Waals surface area contributed by atoms with Crippen LogP contribution in [0, 0.1) is 0 Å². The molecule has 0 saturated carbocycles. The van der Waals surface area contributed by atoms with Gasteiger partial charge in [0, 0.05) is 0 Å². The average Bonchev–Trinajstić information content (AvgIpc) is 2.94. The Morgan fingerprint density at radius 3 is 2.22 bits per heavy atom. The maximum Gasteiger partial charge on any atom is 0.350 e. The Labute approximate surface area is 152 Å². The smallest absolute Gasteiger partial charge is 0.350 e. The van der Waals surface area contributed by atoms with E-state index in [4.69, 9.17) is 34.8 Å². The first kappa shape index (κ1) is 21.8. The minimum Gasteiger partial charge on any atom is -0.388 e. The van der Waals surface area contributed by atoms with Crippen LogP contribution >= 0.6 is 15.2 Å². The van der Waals surface area contributed by atoms with Gasteiger partial charge in [0.1, 0.15) is 30.6 Å². The summed E-state index contributed by atoms with van der Waals surface area (Å²) in [5.41, 5.74) is 6.16. The molecule has 0 fully saturated rings. The molecule has 2 rings (SSSR count). The lowest BCUT2D eigenvalue weighted by Crippen LogP contribution is -2.32. The number of anilines is 1. The largest absolute Gasteiger partial charge is 0.388 e. The summed E-state index contributed by atoms with van der Waals surface area (Å²) in [6, 6.07) is -0.993. The summed E-state index contributed by atoms with van der Waals surface area (Å²) in [6.45, 7) is -0.865. The van der Waals surface area contributed by atoms with Crippen molar-refractivity contribution in [1.29, 1.82) is 0 Å². The molecule has 7 N–H and O–H groups in total. The van der Waals surface area contributed by atoms with Crippen molar-refractivity contribution in [3.63, 3.8) is 0 Å². The van der Waals surface area contributed by atoms with E-state index in [2.05, 4.69) is 15.0 Å². The Kier molecular flexibility index (Phi) is 7.03. The van der Waals surface area contributed by atoms with Gasteiger partial charge in [0.2, 0.25) is 0 Å². The van der Waals surface area contributed by atoms with Crippen molar-refractivity contribution in [2.24, 2.45) is 0 Å². The molecule has 0 aromatic carbocycles. The third-order valence-electron chi connectivity index (χ3n) is 3.28. The molecule has 0 unspecified atom stereocenters. The molecule has 27 heavy (non-hydrogen) atoms. The normalized spacial score (nSPS) is 15.1. The highest BCUT2D eigenvalue weighted by molar-refractivity contribution is 7.51. The zero-order valence-electron chi connectivity index (χ0n) is 13.8. The topological polar surface area (TPSA) is 223 Å². The zero-order chi connectivity index (χ0) is 20.2. The van der Waals surface area contributed by atoms with Crippen LogP contribution in [0.25, 0.3) is 11.2 Å². The first-order chi connectivity index (χ1) is 12.5. The van der Waals surface area contributed by atoms with E-state index in [-0.39, 0.29) is 23.6 Å². The molecule has 14 nitrogen and oxygen atoms in total. The number of hydrogen-bond donors (Lipinski definition) is 6. The SMILES string of the molecule is Nc1ncnc2c1ncn2[C@@H](COCP(=O)(O)O)[C@H](O)COCP(=O)(O)O. The molecule has 0 bridgehead atoms. The Bertz CT molecular complexity index is 865. The molecule has 2 aromatic rings. The van der Waals surface area contributed by atoms with E-state index in [0.717, 1.165) is 0 Å². The van der Waals surface area contributed by atoms with Gasteiger partial charge in [0.05, 0.1) is 25.6 Å². The van der Waals surface area contributed by atoms with E-state index in [1.807, 2.05) is 0 Å². The number of ether oxygens (including phenoxy) is 2. The first-order valence-electron chi connectivity index (χ1n) is 7.33. The van der Waals surface area contributed by atoms with E-state index in [1.54, 1.807) is 0 Å². The summed E-state index contributed by atoms with van der Waals surface area (Å²) in [5.74, 6) is 0.0841. The number of nitrogens with zero attached hydrogens (tertiary/aromatic N) is 4. The van der Waals surface area contributed by atoms with Gasteiger partial charge in [-0.25, -0.2) is 15.0 Å². The second kappa shape index (κ2) is 8.69. The number of fused-ring (bicyclic) bond motifs is 1. The van der Waals surface area contributed by atoms with Crippen molar-refractivity contribution in [3.05, 3.63) is 12.7 Å². The summed E-state index contributed by atoms with van der Waals surface area (Å²) in [6.07, 6.45) is -0.724. The van der Waals surface area contributed by atoms with Crippen molar-refractivity contribution in [3.8, 4) is 0 Å². The molecule has 0 aliphatic carbocycles. The van der Waals surface area contributed by atoms with Gasteiger partial charge in [-0.15, -0.1) is 0 Å². The predicted molar refractivity (Wildman–Crippen MR) is 90.5 cm³/mol. The fourth-order valence-corrected chi connectivity index (χ4v) is 2.87. The van der Waals surface area contributed by atoms with E-state index in [0.29, 0.717) is 0 Å². The predicted octanol–water partition coefficient (Wildman–Crippen LogP) is -1.39. The number of nitrogens with two attached hydrogens (primary N) is 1. The fraction of sp³-hybridized carbons (Fsp3) is 0.545. The van der Waals surface area contributed by atoms with Gasteiger partial charge in [-0.2, -0.15) is 0 Å². The minimum atomic E-state index is -4.44. The molecular formula is C11H19N5O9P2. The molecule has 0 spiro atoms. The van der Waals surface area contributed by atoms with Crippen LogP contribution < -0.4 is 5.73 Å². The summed E-state index contributed by atoms with van der Waals surface area (Å²) in [4.78, 5) is 47.2. The molecule has 2 aromatic heterocycles. The number of aliphatic hydroxyl groups is 1. The maximum absolute atomic E-state index is 10.9. The number of rotatable bonds is 10. The van der Waals surface area contributed by atoms with Crippen LogP contribution in [0.4, 0.5) is 5.82 Å². The molecule has 0 aliphatic heterocycles. The Balaban J connectivity index is 2.21. The monoisotopic (exact) mass is 427 g/mol. The van der Waals surface area contributed by atoms with E-state index in [9.17, 15) is 14.2 Å². The molecule has 0 radical (unpaired) electrons. The van der Waals surface area contributed by atoms with Crippen molar-refractivity contribution in [2.75, 3.05) is 31.6 Å². The number of aliphatic hydroxyl groups excluding tert-OH is 1. The Hall–Kier alpha value is -1.47. The van der Waals surface area contributed by atoms with Crippen molar-refractivity contribution < 1.29 is 43.3 Å². The maximum atomic E-state index is 10.9. The van der Waals surface area contributed by atoms with E-state index >= 15 is 0 Å². The third kappa shape index (κ3) is 6.57. The summed E-state index contributed by atoms with van der Waals surface area (Å²) < 4.78 is 32.9. The lowest BCUT2D eigenvalue weighted by Gasteiger charge is -2.24. The first-order valence-corrected chi connectivity index (χ1v) is 10.9. The Morgan fingerprint density at radius 2 is 1.63 bits per heavy atom. The van der Waals surface area contributed by atoms with Gasteiger partial charge < -0.3 is 44.5 Å². The van der Waals surface area contributed by atoms with Crippen molar-refractivity contribution >= 4 is 32.2 Å². The van der Waals surface area contributed by atoms with E-state index < -0.39 is 46.6 Å². The van der Waals surface area contributed by atoms with Gasteiger partial charge in [-0.3, -0.25) is 9.13 Å². The van der Waals surface area contributed by atoms with Gasteiger partial charge in [0.25, 0.3) is 0 Å². The quantitative estimate of drug-likeness (QED) is 0.241. The second-order valence-corrected chi connectivity index (χ2v) is 8.72. The Morgan fingerprint density at radius 1 is 1.04 bits per heavy atom. The summed E-state index contributed by atoms with van der Waals surface area (Å²) >= 11 is 0. The summed E-state index contributed by atoms with van der Waals surface area (Å²) in [7, 11) is -8.86. The van der Waals surface area contributed by atoms with E-state index in [1.165, 1.54) is 17.2 Å². The number of imidazole rings is 1. The van der Waals surface area contributed by atoms with Crippen LogP contribution in [0.2, 0.25) is 0 Å². The highest BCUT2D eigenvalue weighted by atomic mass is 31.2. The summed E-state index contributed by atoms with van der Waals surface area (Å²) in [5, 5.41) is 10.4. The fourth-order valence-electron chi connectivity index (χ4n) is 2.19. The van der Waals surface area contributed by atoms with Crippen LogP contribution in [0.15, 0.2) is 12.7 Å². The van der Waals surface area contributed by atoms with Crippen molar-refractivity contribution in [1.82, 2.24) is 19.5 Å². The highest BCUT2D eigenvalue weighted by Crippen LogP contribution is 2.35. The molecule has 152 valence electrons. The van der Waals surface area contributed by atoms with Gasteiger partial charge in [-0.05, 0) is 0 Å². The van der Waals surface area contributed by atoms with Crippen LogP contribution in [0.1, 0.15) is 6.04 Å². The number of hydrogen-bond acceptors (Lipinski definition) is 9. The van der Waals surface area contributed by atoms with Crippen LogP contribution in [-0.4, -0.2) is 76.2 Å². The molecule has 0 amide bonds. The molecule has 2 atom stereocenters. The van der Waals surface area contributed by atoms with Gasteiger partial charge in [0.15, 0.2) is 11.5 Å². The lowest BCUT2D eigenvalue weighted by molar-refractivity contribution is -0.00741. The minimum absolute atomic E-state index is 0.0841. The van der Waals surface area contributed by atoms with Crippen LogP contribution in [0.5, 0.6) is 0 Å². The zero-order valence-corrected chi connectivity index (χ0v) is 15.6. The van der Waals surface area contributed by atoms with Crippen LogP contribution in [0.3, 0.4) is 0 Å². The molecule has 2 heterocycles. The third-order valence-corrected chi connectivity index (χ3v) is 4.32. The van der Waals surface area contributed by atoms with Crippen LogP contribution in [-0.2, 0) is 18.6 Å². The standard InChI is InChI=1S/C11H19N5O9P2/c12-10-9-11(14-3-13-10)16(4-15-9)7(1-24-5-26(18,19)20)8(17)2-25-6-27(21,22)23/h3-4,7-8,17H,1-2,5-6H2,(H2,12,13,14)(H2,18,19,20)(H2,21,22,23)/t7-,8+/m0/s1. The number of nitrogen functional groups attached to an aromatic ring is 1. The molecule has 16 heteroatoms.